The number of aliphatic carboxylic acids is 1. The number of ether oxygens (including phenoxy) is 2. The Morgan fingerprint density at radius 1 is 1.33 bits per heavy atom. The number of hydrogen-bond donors (Lipinski definition) is 2. The smallest absolute Gasteiger partial charge is 0.306 e. The minimum atomic E-state index is -0.978. The minimum Gasteiger partial charge on any atom is -0.496 e. The first kappa shape index (κ1) is 19.6. The highest BCUT2D eigenvalue weighted by molar-refractivity contribution is 7.80. The highest BCUT2D eigenvalue weighted by Crippen LogP contribution is 2.40. The van der Waals surface area contributed by atoms with Crippen LogP contribution in [-0.4, -0.2) is 29.3 Å². The van der Waals surface area contributed by atoms with Gasteiger partial charge in [0, 0.05) is 16.3 Å². The second kappa shape index (κ2) is 8.25. The van der Waals surface area contributed by atoms with Crippen molar-refractivity contribution in [2.24, 2.45) is 0 Å². The number of nitrogens with one attached hydrogen (secondary N) is 1. The molecule has 0 bridgehead atoms. The van der Waals surface area contributed by atoms with E-state index in [2.05, 4.69) is 5.32 Å². The predicted molar refractivity (Wildman–Crippen MR) is 109 cm³/mol. The standard InChI is InChI=1S/C20H20ClNO4S/c1-3-12-13(5-4-6-16(12)25-2)19-14-9-11(21)7-8-15(14)22-20(27)17(26-19)10-18(23)24/h4-9,17,19H,3,10H2,1-2H3,(H,22,27)(H,23,24)/t17-,19-/m0/s1. The van der Waals surface area contributed by atoms with E-state index >= 15 is 0 Å². The van der Waals surface area contributed by atoms with Crippen LogP contribution in [0.3, 0.4) is 0 Å². The molecule has 2 aromatic carbocycles. The quantitative estimate of drug-likeness (QED) is 0.708. The van der Waals surface area contributed by atoms with Crippen LogP contribution in [0, 0.1) is 0 Å². The van der Waals surface area contributed by atoms with Crippen molar-refractivity contribution in [2.75, 3.05) is 12.4 Å². The number of methoxy groups -OCH3 is 1. The third-order valence-corrected chi connectivity index (χ3v) is 5.13. The lowest BCUT2D eigenvalue weighted by molar-refractivity contribution is -0.139. The van der Waals surface area contributed by atoms with Gasteiger partial charge in [0.05, 0.1) is 13.5 Å². The Balaban J connectivity index is 2.18. The summed E-state index contributed by atoms with van der Waals surface area (Å²) in [6.07, 6.45) is -0.780. The highest BCUT2D eigenvalue weighted by atomic mass is 35.5. The first-order valence-corrected chi connectivity index (χ1v) is 9.36. The van der Waals surface area contributed by atoms with E-state index in [0.717, 1.165) is 34.5 Å². The maximum atomic E-state index is 11.3. The minimum absolute atomic E-state index is 0.227. The molecule has 3 rings (SSSR count). The maximum absolute atomic E-state index is 11.3. The average Bonchev–Trinajstić information content (AvgIpc) is 2.77. The third kappa shape index (κ3) is 4.08. The summed E-state index contributed by atoms with van der Waals surface area (Å²) in [6, 6.07) is 11.2. The molecule has 0 unspecified atom stereocenters. The fourth-order valence-electron chi connectivity index (χ4n) is 3.32. The molecule has 2 N–H and O–H groups in total. The summed E-state index contributed by atoms with van der Waals surface area (Å²) in [5, 5.41) is 13.0. The lowest BCUT2D eigenvalue weighted by Gasteiger charge is -2.24. The van der Waals surface area contributed by atoms with Crippen LogP contribution in [-0.2, 0) is 16.0 Å². The van der Waals surface area contributed by atoms with E-state index in [4.69, 9.17) is 33.3 Å². The summed E-state index contributed by atoms with van der Waals surface area (Å²) in [5.74, 6) is -0.218. The van der Waals surface area contributed by atoms with E-state index < -0.39 is 18.2 Å². The molecule has 0 amide bonds. The Morgan fingerprint density at radius 2 is 2.11 bits per heavy atom. The number of thiocarbonyl (C=S) groups is 1. The molecule has 1 aliphatic rings. The zero-order valence-electron chi connectivity index (χ0n) is 15.0. The molecule has 0 fully saturated rings. The van der Waals surface area contributed by atoms with Crippen LogP contribution in [0.2, 0.25) is 5.02 Å². The van der Waals surface area contributed by atoms with E-state index in [1.54, 1.807) is 13.2 Å². The molecule has 0 aromatic heterocycles. The van der Waals surface area contributed by atoms with Crippen LogP contribution < -0.4 is 10.1 Å². The predicted octanol–water partition coefficient (Wildman–Crippen LogP) is 4.61. The van der Waals surface area contributed by atoms with E-state index in [1.807, 2.05) is 37.3 Å². The first-order chi connectivity index (χ1) is 12.9. The molecule has 0 aliphatic carbocycles. The number of hydrogen-bond acceptors (Lipinski definition) is 4. The number of rotatable bonds is 5. The summed E-state index contributed by atoms with van der Waals surface area (Å²) in [5.41, 5.74) is 3.47. The van der Waals surface area contributed by atoms with Crippen molar-refractivity contribution >= 4 is 40.5 Å². The first-order valence-electron chi connectivity index (χ1n) is 8.58. The number of carboxylic acid groups (broad SMARTS) is 1. The fourth-order valence-corrected chi connectivity index (χ4v) is 3.74. The van der Waals surface area contributed by atoms with Crippen molar-refractivity contribution in [1.82, 2.24) is 0 Å². The highest BCUT2D eigenvalue weighted by Gasteiger charge is 2.32. The molecule has 1 aliphatic heterocycles. The summed E-state index contributed by atoms with van der Waals surface area (Å²) in [4.78, 5) is 11.6. The molecule has 142 valence electrons. The molecule has 0 spiro atoms. The number of carbonyl (C=O) groups is 1. The van der Waals surface area contributed by atoms with Gasteiger partial charge in [-0.15, -0.1) is 0 Å². The molecule has 5 nitrogen and oxygen atoms in total. The Hall–Kier alpha value is -2.15. The number of fused-ring (bicyclic) bond motifs is 1. The lowest BCUT2D eigenvalue weighted by Crippen LogP contribution is -2.30. The Labute approximate surface area is 168 Å². The Morgan fingerprint density at radius 3 is 2.78 bits per heavy atom. The molecule has 1 heterocycles. The van der Waals surface area contributed by atoms with Gasteiger partial charge < -0.3 is 19.9 Å². The molecule has 2 aromatic rings. The summed E-state index contributed by atoms with van der Waals surface area (Å²) in [6.45, 7) is 2.04. The lowest BCUT2D eigenvalue weighted by atomic mass is 9.93. The normalized spacial score (nSPS) is 19.0. The van der Waals surface area contributed by atoms with Gasteiger partial charge in [0.15, 0.2) is 0 Å². The number of benzene rings is 2. The number of carboxylic acids is 1. The van der Waals surface area contributed by atoms with Gasteiger partial charge in [-0.2, -0.15) is 0 Å². The van der Waals surface area contributed by atoms with Crippen molar-refractivity contribution < 1.29 is 19.4 Å². The van der Waals surface area contributed by atoms with Crippen molar-refractivity contribution in [1.29, 1.82) is 0 Å². The van der Waals surface area contributed by atoms with Crippen molar-refractivity contribution in [3.05, 3.63) is 58.1 Å². The van der Waals surface area contributed by atoms with Crippen LogP contribution in [0.5, 0.6) is 5.75 Å². The van der Waals surface area contributed by atoms with Crippen LogP contribution in [0.4, 0.5) is 5.69 Å². The second-order valence-electron chi connectivity index (χ2n) is 6.21. The van der Waals surface area contributed by atoms with Gasteiger partial charge in [-0.1, -0.05) is 42.9 Å². The molecular weight excluding hydrogens is 386 g/mol. The molecule has 0 saturated heterocycles. The number of halogens is 1. The van der Waals surface area contributed by atoms with Crippen molar-refractivity contribution in [3.63, 3.8) is 0 Å². The summed E-state index contributed by atoms with van der Waals surface area (Å²) < 4.78 is 11.8. The molecular formula is C20H20ClNO4S. The zero-order valence-corrected chi connectivity index (χ0v) is 16.6. The molecule has 0 saturated carbocycles. The zero-order chi connectivity index (χ0) is 19.6. The van der Waals surface area contributed by atoms with Gasteiger partial charge in [-0.3, -0.25) is 4.79 Å². The van der Waals surface area contributed by atoms with Gasteiger partial charge in [0.25, 0.3) is 0 Å². The molecule has 27 heavy (non-hydrogen) atoms. The summed E-state index contributed by atoms with van der Waals surface area (Å²) >= 11 is 11.6. The Kier molecular flexibility index (Phi) is 5.99. The van der Waals surface area contributed by atoms with Gasteiger partial charge in [-0.05, 0) is 41.8 Å². The molecule has 7 heteroatoms. The fraction of sp³-hybridized carbons (Fsp3) is 0.300. The largest absolute Gasteiger partial charge is 0.496 e. The SMILES string of the molecule is CCc1c(OC)cccc1[C@@H]1O[C@@H](CC(=O)O)C(=S)Nc2ccc(Cl)cc21. The van der Waals surface area contributed by atoms with E-state index in [1.165, 1.54) is 0 Å². The maximum Gasteiger partial charge on any atom is 0.306 e. The van der Waals surface area contributed by atoms with Crippen molar-refractivity contribution in [2.45, 2.75) is 32.0 Å². The second-order valence-corrected chi connectivity index (χ2v) is 7.08. The number of anilines is 1. The van der Waals surface area contributed by atoms with Gasteiger partial charge in [-0.25, -0.2) is 0 Å². The van der Waals surface area contributed by atoms with E-state index in [-0.39, 0.29) is 6.42 Å². The van der Waals surface area contributed by atoms with Crippen LogP contribution in [0.1, 0.15) is 36.1 Å². The van der Waals surface area contributed by atoms with Crippen LogP contribution in [0.15, 0.2) is 36.4 Å². The van der Waals surface area contributed by atoms with E-state index in [0.29, 0.717) is 10.0 Å². The van der Waals surface area contributed by atoms with E-state index in [9.17, 15) is 9.90 Å². The van der Waals surface area contributed by atoms with Gasteiger partial charge in [0.1, 0.15) is 22.9 Å². The summed E-state index contributed by atoms with van der Waals surface area (Å²) in [7, 11) is 1.63. The average molecular weight is 406 g/mol. The third-order valence-electron chi connectivity index (χ3n) is 4.53. The molecule has 0 radical (unpaired) electrons. The van der Waals surface area contributed by atoms with Crippen LogP contribution in [0.25, 0.3) is 0 Å². The van der Waals surface area contributed by atoms with Gasteiger partial charge in [0.2, 0.25) is 0 Å². The Bertz CT molecular complexity index is 886. The van der Waals surface area contributed by atoms with Crippen molar-refractivity contribution in [3.8, 4) is 5.75 Å². The van der Waals surface area contributed by atoms with Gasteiger partial charge >= 0.3 is 5.97 Å². The van der Waals surface area contributed by atoms with Crippen LogP contribution >= 0.6 is 23.8 Å². The molecule has 2 atom stereocenters. The monoisotopic (exact) mass is 405 g/mol. The topological polar surface area (TPSA) is 67.8 Å².